The summed E-state index contributed by atoms with van der Waals surface area (Å²) >= 11 is 0. The summed E-state index contributed by atoms with van der Waals surface area (Å²) in [6, 6.07) is 14.5. The van der Waals surface area contributed by atoms with E-state index in [9.17, 15) is 14.7 Å². The smallest absolute Gasteiger partial charge is 0.245 e. The second kappa shape index (κ2) is 8.35. The largest absolute Gasteiger partial charge is 0.504 e. The molecule has 0 aromatic heterocycles. The first-order valence-corrected chi connectivity index (χ1v) is 8.58. The fraction of sp³-hybridized carbons (Fsp3) is 0.250. The van der Waals surface area contributed by atoms with Crippen molar-refractivity contribution in [2.75, 3.05) is 13.7 Å². The Morgan fingerprint density at radius 3 is 2.81 bits per heavy atom. The maximum Gasteiger partial charge on any atom is 0.245 e. The Morgan fingerprint density at radius 2 is 2.11 bits per heavy atom. The van der Waals surface area contributed by atoms with E-state index in [2.05, 4.69) is 10.5 Å². The predicted octanol–water partition coefficient (Wildman–Crippen LogP) is 1.90. The molecule has 1 aliphatic heterocycles. The number of nitrogens with one attached hydrogen (secondary N) is 1. The van der Waals surface area contributed by atoms with E-state index in [-0.39, 0.29) is 24.0 Å². The number of rotatable bonds is 6. The molecule has 2 N–H and O–H groups in total. The third-order valence-corrected chi connectivity index (χ3v) is 4.39. The van der Waals surface area contributed by atoms with E-state index in [1.165, 1.54) is 19.4 Å². The van der Waals surface area contributed by atoms with Crippen LogP contribution in [0.4, 0.5) is 0 Å². The summed E-state index contributed by atoms with van der Waals surface area (Å²) in [4.78, 5) is 26.1. The maximum atomic E-state index is 12.3. The summed E-state index contributed by atoms with van der Waals surface area (Å²) in [7, 11) is 1.47. The van der Waals surface area contributed by atoms with E-state index < -0.39 is 5.92 Å². The predicted molar refractivity (Wildman–Crippen MR) is 100 cm³/mol. The second-order valence-electron chi connectivity index (χ2n) is 6.33. The summed E-state index contributed by atoms with van der Waals surface area (Å²) < 4.78 is 4.97. The van der Waals surface area contributed by atoms with Gasteiger partial charge >= 0.3 is 0 Å². The first-order valence-electron chi connectivity index (χ1n) is 8.58. The molecular formula is C20H21N3O4. The van der Waals surface area contributed by atoms with Crippen LogP contribution in [0.2, 0.25) is 0 Å². The van der Waals surface area contributed by atoms with Crippen LogP contribution in [0.15, 0.2) is 53.6 Å². The van der Waals surface area contributed by atoms with Crippen LogP contribution in [-0.2, 0) is 16.1 Å². The van der Waals surface area contributed by atoms with Gasteiger partial charge in [0.2, 0.25) is 11.8 Å². The van der Waals surface area contributed by atoms with Crippen molar-refractivity contribution in [3.63, 3.8) is 0 Å². The lowest BCUT2D eigenvalue weighted by Gasteiger charge is -2.16. The molecule has 140 valence electrons. The number of benzene rings is 2. The van der Waals surface area contributed by atoms with E-state index in [0.717, 1.165) is 5.56 Å². The topological polar surface area (TPSA) is 91.2 Å². The van der Waals surface area contributed by atoms with Gasteiger partial charge in [0.1, 0.15) is 0 Å². The average Bonchev–Trinajstić information content (AvgIpc) is 3.03. The lowest BCUT2D eigenvalue weighted by molar-refractivity contribution is -0.129. The third-order valence-electron chi connectivity index (χ3n) is 4.39. The molecule has 2 aromatic rings. The highest BCUT2D eigenvalue weighted by Gasteiger charge is 2.34. The van der Waals surface area contributed by atoms with Gasteiger partial charge in [-0.1, -0.05) is 30.3 Å². The highest BCUT2D eigenvalue weighted by Crippen LogP contribution is 2.25. The molecule has 2 aromatic carbocycles. The van der Waals surface area contributed by atoms with E-state index in [1.807, 2.05) is 30.3 Å². The van der Waals surface area contributed by atoms with Crippen molar-refractivity contribution < 1.29 is 19.4 Å². The Labute approximate surface area is 157 Å². The summed E-state index contributed by atoms with van der Waals surface area (Å²) in [6.07, 6.45) is 1.60. The number of amides is 2. The van der Waals surface area contributed by atoms with Crippen LogP contribution in [0.1, 0.15) is 17.5 Å². The van der Waals surface area contributed by atoms with E-state index in [1.54, 1.807) is 17.0 Å². The molecule has 7 heteroatoms. The van der Waals surface area contributed by atoms with Crippen LogP contribution >= 0.6 is 0 Å². The summed E-state index contributed by atoms with van der Waals surface area (Å²) in [5.74, 6) is -0.413. The third kappa shape index (κ3) is 4.63. The number of phenolic OH excluding ortho intramolecular Hbond substituents is 1. The standard InChI is InChI=1S/C20H21N3O4/c1-27-18-8-7-15(9-17(18)24)11-21-22-20(26)16-10-19(25)23(13-16)12-14-5-3-2-4-6-14/h2-9,11,16,24H,10,12-13H2,1H3,(H,22,26)/b21-11+. The number of ether oxygens (including phenoxy) is 1. The fourth-order valence-electron chi connectivity index (χ4n) is 2.95. The lowest BCUT2D eigenvalue weighted by Crippen LogP contribution is -2.30. The molecule has 1 aliphatic rings. The summed E-state index contributed by atoms with van der Waals surface area (Å²) in [5, 5.41) is 13.6. The molecule has 0 radical (unpaired) electrons. The number of hydrogen-bond acceptors (Lipinski definition) is 5. The molecule has 1 fully saturated rings. The molecule has 1 unspecified atom stereocenters. The Kier molecular flexibility index (Phi) is 5.71. The van der Waals surface area contributed by atoms with E-state index in [4.69, 9.17) is 4.74 Å². The molecular weight excluding hydrogens is 346 g/mol. The Morgan fingerprint density at radius 1 is 1.33 bits per heavy atom. The highest BCUT2D eigenvalue weighted by atomic mass is 16.5. The van der Waals surface area contributed by atoms with Gasteiger partial charge in [0.25, 0.3) is 0 Å². The molecule has 0 spiro atoms. The minimum atomic E-state index is -0.428. The second-order valence-corrected chi connectivity index (χ2v) is 6.33. The minimum Gasteiger partial charge on any atom is -0.504 e. The molecule has 3 rings (SSSR count). The van der Waals surface area contributed by atoms with Crippen molar-refractivity contribution in [2.24, 2.45) is 11.0 Å². The summed E-state index contributed by atoms with van der Waals surface area (Å²) in [6.45, 7) is 0.871. The Balaban J connectivity index is 1.54. The van der Waals surface area contributed by atoms with Gasteiger partial charge in [0.05, 0.1) is 19.2 Å². The van der Waals surface area contributed by atoms with E-state index >= 15 is 0 Å². The van der Waals surface area contributed by atoms with Crippen LogP contribution in [0.25, 0.3) is 0 Å². The quantitative estimate of drug-likeness (QED) is 0.603. The van der Waals surface area contributed by atoms with Crippen LogP contribution in [-0.4, -0.2) is 41.7 Å². The van der Waals surface area contributed by atoms with Crippen LogP contribution in [0.3, 0.4) is 0 Å². The SMILES string of the molecule is COc1ccc(/C=N/NC(=O)C2CC(=O)N(Cc3ccccc3)C2)cc1O. The van der Waals surface area contributed by atoms with Gasteiger partial charge in [0.15, 0.2) is 11.5 Å². The molecule has 2 amide bonds. The van der Waals surface area contributed by atoms with Crippen LogP contribution in [0, 0.1) is 5.92 Å². The van der Waals surface area contributed by atoms with E-state index in [0.29, 0.717) is 24.4 Å². The number of hydrogen-bond donors (Lipinski definition) is 2. The zero-order valence-corrected chi connectivity index (χ0v) is 15.0. The normalized spacial score (nSPS) is 16.7. The van der Waals surface area contributed by atoms with Gasteiger partial charge in [-0.3, -0.25) is 9.59 Å². The van der Waals surface area contributed by atoms with Crippen molar-refractivity contribution in [1.82, 2.24) is 10.3 Å². The van der Waals surface area contributed by atoms with Gasteiger partial charge < -0.3 is 14.7 Å². The monoisotopic (exact) mass is 367 g/mol. The minimum absolute atomic E-state index is 0.00859. The van der Waals surface area contributed by atoms with Gasteiger partial charge in [-0.25, -0.2) is 5.43 Å². The molecule has 0 aliphatic carbocycles. The number of methoxy groups -OCH3 is 1. The number of phenols is 1. The van der Waals surface area contributed by atoms with Crippen molar-refractivity contribution in [3.05, 3.63) is 59.7 Å². The number of carbonyl (C=O) groups excluding carboxylic acids is 2. The maximum absolute atomic E-state index is 12.3. The van der Waals surface area contributed by atoms with Crippen molar-refractivity contribution >= 4 is 18.0 Å². The summed E-state index contributed by atoms with van der Waals surface area (Å²) in [5.41, 5.74) is 4.11. The number of likely N-dealkylation sites (tertiary alicyclic amines) is 1. The molecule has 1 atom stereocenters. The van der Waals surface area contributed by atoms with Gasteiger partial charge in [-0.2, -0.15) is 5.10 Å². The molecule has 1 saturated heterocycles. The number of aromatic hydroxyl groups is 1. The van der Waals surface area contributed by atoms with Crippen molar-refractivity contribution in [3.8, 4) is 11.5 Å². The molecule has 27 heavy (non-hydrogen) atoms. The first kappa shape index (κ1) is 18.4. The average molecular weight is 367 g/mol. The van der Waals surface area contributed by atoms with Crippen LogP contribution < -0.4 is 10.2 Å². The zero-order valence-electron chi connectivity index (χ0n) is 15.0. The zero-order chi connectivity index (χ0) is 19.2. The first-order chi connectivity index (χ1) is 13.1. The van der Waals surface area contributed by atoms with Crippen molar-refractivity contribution in [1.29, 1.82) is 0 Å². The highest BCUT2D eigenvalue weighted by molar-refractivity contribution is 5.90. The Bertz CT molecular complexity index is 852. The molecule has 1 heterocycles. The number of carbonyl (C=O) groups is 2. The molecule has 0 saturated carbocycles. The number of nitrogens with zero attached hydrogens (tertiary/aromatic N) is 2. The lowest BCUT2D eigenvalue weighted by atomic mass is 10.1. The fourth-order valence-corrected chi connectivity index (χ4v) is 2.95. The van der Waals surface area contributed by atoms with Gasteiger partial charge in [-0.15, -0.1) is 0 Å². The number of hydrazone groups is 1. The Hall–Kier alpha value is -3.35. The van der Waals surface area contributed by atoms with Gasteiger partial charge in [-0.05, 0) is 29.3 Å². The van der Waals surface area contributed by atoms with Crippen molar-refractivity contribution in [2.45, 2.75) is 13.0 Å². The van der Waals surface area contributed by atoms with Crippen LogP contribution in [0.5, 0.6) is 11.5 Å². The molecule has 7 nitrogen and oxygen atoms in total. The molecule has 0 bridgehead atoms. The van der Waals surface area contributed by atoms with Gasteiger partial charge in [0, 0.05) is 19.5 Å².